The van der Waals surface area contributed by atoms with Crippen LogP contribution in [0.15, 0.2) is 85.2 Å². The summed E-state index contributed by atoms with van der Waals surface area (Å²) in [5.41, 5.74) is 6.62. The van der Waals surface area contributed by atoms with Gasteiger partial charge in [-0.05, 0) is 71.6 Å². The summed E-state index contributed by atoms with van der Waals surface area (Å²) in [6.45, 7) is 0.817. The van der Waals surface area contributed by atoms with Crippen LogP contribution in [0, 0.1) is 0 Å². The minimum absolute atomic E-state index is 0.622. The molecular weight excluding hydrogens is 444 g/mol. The molecule has 6 heteroatoms. The Hall–Kier alpha value is -4.09. The number of benzene rings is 3. The van der Waals surface area contributed by atoms with Crippen LogP contribution < -0.4 is 4.90 Å². The van der Waals surface area contributed by atoms with E-state index >= 15 is 0 Å². The first-order chi connectivity index (χ1) is 16.7. The molecule has 5 aromatic rings. The molecule has 0 atom stereocenters. The van der Waals surface area contributed by atoms with Crippen LogP contribution in [0.2, 0.25) is 5.02 Å². The second-order valence-electron chi connectivity index (χ2n) is 8.26. The summed E-state index contributed by atoms with van der Waals surface area (Å²) in [5, 5.41) is 1.71. The van der Waals surface area contributed by atoms with E-state index in [9.17, 15) is 4.79 Å². The van der Waals surface area contributed by atoms with Gasteiger partial charge in [0.1, 0.15) is 12.1 Å². The number of hydrogen-bond acceptors (Lipinski definition) is 5. The molecule has 3 heterocycles. The fourth-order valence-electron chi connectivity index (χ4n) is 4.50. The highest BCUT2D eigenvalue weighted by molar-refractivity contribution is 6.30. The van der Waals surface area contributed by atoms with Gasteiger partial charge in [-0.25, -0.2) is 9.97 Å². The molecule has 0 saturated carbocycles. The second-order valence-corrected chi connectivity index (χ2v) is 8.70. The van der Waals surface area contributed by atoms with Gasteiger partial charge < -0.3 is 4.90 Å². The van der Waals surface area contributed by atoms with Gasteiger partial charge in [-0.3, -0.25) is 9.78 Å². The third-order valence-corrected chi connectivity index (χ3v) is 6.38. The third kappa shape index (κ3) is 3.60. The molecule has 0 unspecified atom stereocenters. The summed E-state index contributed by atoms with van der Waals surface area (Å²) in [5.74, 6) is 1.48. The number of carbonyl (C=O) groups is 1. The van der Waals surface area contributed by atoms with Crippen LogP contribution in [0.25, 0.3) is 33.4 Å². The minimum Gasteiger partial charge on any atom is -0.325 e. The van der Waals surface area contributed by atoms with Crippen LogP contribution in [-0.4, -0.2) is 27.8 Å². The Morgan fingerprint density at radius 2 is 1.76 bits per heavy atom. The number of fused-ring (bicyclic) bond motifs is 2. The average Bonchev–Trinajstić information content (AvgIpc) is 3.31. The Morgan fingerprint density at radius 3 is 2.62 bits per heavy atom. The predicted octanol–water partition coefficient (Wildman–Crippen LogP) is 6.52. The molecule has 6 rings (SSSR count). The minimum atomic E-state index is 0.622. The van der Waals surface area contributed by atoms with Crippen molar-refractivity contribution in [2.24, 2.45) is 0 Å². The lowest BCUT2D eigenvalue weighted by Gasteiger charge is -2.21. The van der Waals surface area contributed by atoms with Gasteiger partial charge in [0.15, 0.2) is 5.82 Å². The zero-order chi connectivity index (χ0) is 23.1. The molecular formula is C28H19ClN4O. The maximum absolute atomic E-state index is 11.3. The highest BCUT2D eigenvalue weighted by Gasteiger charge is 2.24. The SMILES string of the molecule is O=Cc1cccc(-c2ccc3c(N4CCc5cc(Cl)ccc54)nc(-c4cccnc4)nc3c2)c1. The van der Waals surface area contributed by atoms with E-state index in [4.69, 9.17) is 21.6 Å². The predicted molar refractivity (Wildman–Crippen MR) is 136 cm³/mol. The number of rotatable bonds is 4. The van der Waals surface area contributed by atoms with Crippen molar-refractivity contribution in [3.63, 3.8) is 0 Å². The van der Waals surface area contributed by atoms with E-state index in [2.05, 4.69) is 34.1 Å². The molecule has 164 valence electrons. The average molecular weight is 463 g/mol. The van der Waals surface area contributed by atoms with Crippen molar-refractivity contribution in [1.29, 1.82) is 0 Å². The summed E-state index contributed by atoms with van der Waals surface area (Å²) < 4.78 is 0. The van der Waals surface area contributed by atoms with Crippen LogP contribution in [0.1, 0.15) is 15.9 Å². The van der Waals surface area contributed by atoms with Crippen molar-refractivity contribution in [1.82, 2.24) is 15.0 Å². The van der Waals surface area contributed by atoms with Gasteiger partial charge in [0.05, 0.1) is 5.52 Å². The Balaban J connectivity index is 1.56. The molecule has 1 aliphatic rings. The molecule has 0 fully saturated rings. The van der Waals surface area contributed by atoms with Crippen molar-refractivity contribution in [3.8, 4) is 22.5 Å². The van der Waals surface area contributed by atoms with Gasteiger partial charge in [-0.1, -0.05) is 35.9 Å². The summed E-state index contributed by atoms with van der Waals surface area (Å²) in [6.07, 6.45) is 5.28. The van der Waals surface area contributed by atoms with Crippen molar-refractivity contribution in [2.45, 2.75) is 6.42 Å². The highest BCUT2D eigenvalue weighted by Crippen LogP contribution is 2.39. The van der Waals surface area contributed by atoms with Gasteiger partial charge in [0.25, 0.3) is 0 Å². The largest absolute Gasteiger partial charge is 0.325 e. The van der Waals surface area contributed by atoms with Crippen LogP contribution in [0.4, 0.5) is 11.5 Å². The Labute approximate surface area is 201 Å². The van der Waals surface area contributed by atoms with Gasteiger partial charge in [-0.15, -0.1) is 0 Å². The summed E-state index contributed by atoms with van der Waals surface area (Å²) >= 11 is 6.24. The molecule has 2 aromatic heterocycles. The van der Waals surface area contributed by atoms with Crippen molar-refractivity contribution >= 4 is 40.3 Å². The lowest BCUT2D eigenvalue weighted by molar-refractivity contribution is 0.112. The third-order valence-electron chi connectivity index (χ3n) is 6.15. The molecule has 0 radical (unpaired) electrons. The van der Waals surface area contributed by atoms with Crippen molar-refractivity contribution < 1.29 is 4.79 Å². The fraction of sp³-hybridized carbons (Fsp3) is 0.0714. The van der Waals surface area contributed by atoms with E-state index in [0.717, 1.165) is 63.4 Å². The van der Waals surface area contributed by atoms with Gasteiger partial charge in [0.2, 0.25) is 0 Å². The van der Waals surface area contributed by atoms with Crippen molar-refractivity contribution in [3.05, 3.63) is 101 Å². The molecule has 0 saturated heterocycles. The summed E-state index contributed by atoms with van der Waals surface area (Å²) in [6, 6.07) is 23.6. The fourth-order valence-corrected chi connectivity index (χ4v) is 4.70. The number of aromatic nitrogens is 3. The normalized spacial score (nSPS) is 12.7. The van der Waals surface area contributed by atoms with Crippen molar-refractivity contribution in [2.75, 3.05) is 11.4 Å². The maximum atomic E-state index is 11.3. The topological polar surface area (TPSA) is 59.0 Å². The highest BCUT2D eigenvalue weighted by atomic mass is 35.5. The van der Waals surface area contributed by atoms with E-state index in [0.29, 0.717) is 11.4 Å². The summed E-state index contributed by atoms with van der Waals surface area (Å²) in [4.78, 5) is 27.7. The zero-order valence-corrected chi connectivity index (χ0v) is 18.9. The van der Waals surface area contributed by atoms with E-state index in [-0.39, 0.29) is 0 Å². The maximum Gasteiger partial charge on any atom is 0.163 e. The van der Waals surface area contributed by atoms with Gasteiger partial charge in [0, 0.05) is 46.2 Å². The Bertz CT molecular complexity index is 1550. The number of halogens is 1. The zero-order valence-electron chi connectivity index (χ0n) is 18.1. The van der Waals surface area contributed by atoms with E-state index in [1.807, 2.05) is 42.5 Å². The number of hydrogen-bond donors (Lipinski definition) is 0. The lowest BCUT2D eigenvalue weighted by atomic mass is 10.0. The van der Waals surface area contributed by atoms with Crippen LogP contribution in [0.5, 0.6) is 0 Å². The molecule has 0 N–H and O–H groups in total. The molecule has 0 aliphatic carbocycles. The van der Waals surface area contributed by atoms with Crippen LogP contribution >= 0.6 is 11.6 Å². The number of anilines is 2. The summed E-state index contributed by atoms with van der Waals surface area (Å²) in [7, 11) is 0. The second kappa shape index (κ2) is 8.36. The Morgan fingerprint density at radius 1 is 0.882 bits per heavy atom. The standard InChI is InChI=1S/C28H19ClN4O/c29-23-7-9-26-21(14-23)10-12-33(26)28-24-8-6-20(19-4-1-3-18(13-19)17-34)15-25(24)31-27(32-28)22-5-2-11-30-16-22/h1-9,11,13-17H,10,12H2. The molecule has 34 heavy (non-hydrogen) atoms. The smallest absolute Gasteiger partial charge is 0.163 e. The Kier molecular flexibility index (Phi) is 5.04. The first-order valence-electron chi connectivity index (χ1n) is 11.0. The molecule has 0 amide bonds. The first kappa shape index (κ1) is 20.5. The molecule has 0 spiro atoms. The monoisotopic (exact) mass is 462 g/mol. The number of aldehydes is 1. The lowest BCUT2D eigenvalue weighted by Crippen LogP contribution is -2.16. The van der Waals surface area contributed by atoms with Gasteiger partial charge in [-0.2, -0.15) is 0 Å². The number of nitrogens with zero attached hydrogens (tertiary/aromatic N) is 4. The van der Waals surface area contributed by atoms with E-state index < -0.39 is 0 Å². The molecule has 5 nitrogen and oxygen atoms in total. The number of pyridine rings is 1. The molecule has 0 bridgehead atoms. The molecule has 1 aliphatic heterocycles. The van der Waals surface area contributed by atoms with Crippen LogP contribution in [0.3, 0.4) is 0 Å². The number of carbonyl (C=O) groups excluding carboxylic acids is 1. The quantitative estimate of drug-likeness (QED) is 0.284. The van der Waals surface area contributed by atoms with Gasteiger partial charge >= 0.3 is 0 Å². The van der Waals surface area contributed by atoms with Crippen LogP contribution in [-0.2, 0) is 6.42 Å². The first-order valence-corrected chi connectivity index (χ1v) is 11.4. The van der Waals surface area contributed by atoms with E-state index in [1.165, 1.54) is 5.56 Å². The molecule has 3 aromatic carbocycles. The van der Waals surface area contributed by atoms with E-state index in [1.54, 1.807) is 18.5 Å².